The Kier molecular flexibility index (Phi) is 6.01. The van der Waals surface area contributed by atoms with Gasteiger partial charge in [0.2, 0.25) is 5.91 Å². The normalized spacial score (nSPS) is 17.7. The van der Waals surface area contributed by atoms with Crippen molar-refractivity contribution < 1.29 is 14.0 Å². The first-order valence-electron chi connectivity index (χ1n) is 9.28. The molecule has 5 heteroatoms. The molecule has 4 nitrogen and oxygen atoms in total. The summed E-state index contributed by atoms with van der Waals surface area (Å²) in [7, 11) is 1.95. The van der Waals surface area contributed by atoms with Crippen LogP contribution in [0.3, 0.4) is 0 Å². The third kappa shape index (κ3) is 4.42. The number of ketones is 1. The largest absolute Gasteiger partial charge is 0.339 e. The lowest BCUT2D eigenvalue weighted by Crippen LogP contribution is -2.49. The number of nitrogens with zero attached hydrogens (tertiary/aromatic N) is 2. The van der Waals surface area contributed by atoms with Gasteiger partial charge in [-0.2, -0.15) is 0 Å². The van der Waals surface area contributed by atoms with Crippen molar-refractivity contribution in [3.63, 3.8) is 0 Å². The number of aryl methyl sites for hydroxylation is 1. The van der Waals surface area contributed by atoms with E-state index in [1.807, 2.05) is 38.2 Å². The monoisotopic (exact) mass is 368 g/mol. The molecule has 1 saturated heterocycles. The molecule has 0 spiro atoms. The Morgan fingerprint density at radius 3 is 2.48 bits per heavy atom. The summed E-state index contributed by atoms with van der Waals surface area (Å²) in [5.41, 5.74) is 2.20. The summed E-state index contributed by atoms with van der Waals surface area (Å²) in [6.07, 6.45) is 0.376. The summed E-state index contributed by atoms with van der Waals surface area (Å²) in [4.78, 5) is 28.9. The number of rotatable bonds is 5. The number of halogens is 1. The third-order valence-corrected chi connectivity index (χ3v) is 5.28. The number of piperazine rings is 1. The highest BCUT2D eigenvalue weighted by molar-refractivity contribution is 5.99. The van der Waals surface area contributed by atoms with Gasteiger partial charge in [-0.15, -0.1) is 0 Å². The van der Waals surface area contributed by atoms with Crippen molar-refractivity contribution >= 4 is 11.7 Å². The van der Waals surface area contributed by atoms with E-state index >= 15 is 0 Å². The first kappa shape index (κ1) is 19.2. The van der Waals surface area contributed by atoms with E-state index in [4.69, 9.17) is 0 Å². The van der Waals surface area contributed by atoms with Crippen LogP contribution in [0.1, 0.15) is 40.4 Å². The lowest BCUT2D eigenvalue weighted by atomic mass is 10.00. The molecular formula is C22H25FN2O2. The molecule has 2 aromatic rings. The number of carbonyl (C=O) groups is 2. The van der Waals surface area contributed by atoms with E-state index in [1.165, 1.54) is 6.07 Å². The molecule has 1 atom stereocenters. The van der Waals surface area contributed by atoms with E-state index in [2.05, 4.69) is 4.90 Å². The maximum absolute atomic E-state index is 14.2. The average molecular weight is 368 g/mol. The smallest absolute Gasteiger partial charge is 0.223 e. The topological polar surface area (TPSA) is 40.6 Å². The lowest BCUT2D eigenvalue weighted by Gasteiger charge is -2.39. The summed E-state index contributed by atoms with van der Waals surface area (Å²) in [5, 5.41) is 0. The Hall–Kier alpha value is -2.53. The molecule has 0 aromatic heterocycles. The molecule has 1 unspecified atom stereocenters. The fourth-order valence-corrected chi connectivity index (χ4v) is 3.58. The Labute approximate surface area is 159 Å². The molecule has 1 aliphatic rings. The van der Waals surface area contributed by atoms with Gasteiger partial charge < -0.3 is 4.90 Å². The second-order valence-electron chi connectivity index (χ2n) is 7.10. The van der Waals surface area contributed by atoms with Crippen LogP contribution in [0.4, 0.5) is 4.39 Å². The number of hydrogen-bond donors (Lipinski definition) is 0. The van der Waals surface area contributed by atoms with Gasteiger partial charge in [0.1, 0.15) is 5.82 Å². The van der Waals surface area contributed by atoms with Crippen molar-refractivity contribution in [1.82, 2.24) is 9.80 Å². The minimum absolute atomic E-state index is 0.0127. The highest BCUT2D eigenvalue weighted by Crippen LogP contribution is 2.26. The number of amides is 1. The Bertz CT molecular complexity index is 837. The first-order chi connectivity index (χ1) is 13.0. The van der Waals surface area contributed by atoms with Crippen molar-refractivity contribution in [2.24, 2.45) is 0 Å². The van der Waals surface area contributed by atoms with E-state index in [-0.39, 0.29) is 36.4 Å². The standard InChI is InChI=1S/C22H25FN2O2/c1-16-7-3-4-8-17(16)21(26)11-12-22(27)25-14-13-24(2)20(15-25)18-9-5-6-10-19(18)23/h3-10,20H,11-15H2,1-2H3. The Morgan fingerprint density at radius 2 is 1.74 bits per heavy atom. The Morgan fingerprint density at radius 1 is 1.04 bits per heavy atom. The van der Waals surface area contributed by atoms with Crippen molar-refractivity contribution in [2.45, 2.75) is 25.8 Å². The summed E-state index contributed by atoms with van der Waals surface area (Å²) in [6.45, 7) is 3.61. The molecule has 3 rings (SSSR count). The molecule has 0 saturated carbocycles. The van der Waals surface area contributed by atoms with Gasteiger partial charge in [-0.25, -0.2) is 4.39 Å². The minimum atomic E-state index is -0.252. The van der Waals surface area contributed by atoms with Crippen molar-refractivity contribution in [3.8, 4) is 0 Å². The van der Waals surface area contributed by atoms with Crippen LogP contribution in [0, 0.1) is 12.7 Å². The van der Waals surface area contributed by atoms with Crippen molar-refractivity contribution in [1.29, 1.82) is 0 Å². The van der Waals surface area contributed by atoms with Crippen LogP contribution in [0.15, 0.2) is 48.5 Å². The zero-order chi connectivity index (χ0) is 19.4. The number of Topliss-reactive ketones (excluding diaryl/α,β-unsaturated/α-hetero) is 1. The average Bonchev–Trinajstić information content (AvgIpc) is 2.67. The third-order valence-electron chi connectivity index (χ3n) is 5.28. The van der Waals surface area contributed by atoms with Crippen molar-refractivity contribution in [3.05, 3.63) is 71.0 Å². The van der Waals surface area contributed by atoms with Gasteiger partial charge in [0, 0.05) is 43.6 Å². The quantitative estimate of drug-likeness (QED) is 0.757. The van der Waals surface area contributed by atoms with Gasteiger partial charge in [0.15, 0.2) is 5.78 Å². The van der Waals surface area contributed by atoms with E-state index in [0.29, 0.717) is 30.8 Å². The fraction of sp³-hybridized carbons (Fsp3) is 0.364. The summed E-state index contributed by atoms with van der Waals surface area (Å²) in [5.74, 6) is -0.314. The van der Waals surface area contributed by atoms with Gasteiger partial charge in [0.25, 0.3) is 0 Å². The molecule has 1 amide bonds. The summed E-state index contributed by atoms with van der Waals surface area (Å²) < 4.78 is 14.2. The minimum Gasteiger partial charge on any atom is -0.339 e. The molecule has 1 heterocycles. The maximum Gasteiger partial charge on any atom is 0.223 e. The van der Waals surface area contributed by atoms with E-state index in [9.17, 15) is 14.0 Å². The predicted molar refractivity (Wildman–Crippen MR) is 103 cm³/mol. The molecule has 0 bridgehead atoms. The molecule has 0 aliphatic carbocycles. The van der Waals surface area contributed by atoms with Gasteiger partial charge in [-0.3, -0.25) is 14.5 Å². The number of hydrogen-bond acceptors (Lipinski definition) is 3. The highest BCUT2D eigenvalue weighted by Gasteiger charge is 2.30. The lowest BCUT2D eigenvalue weighted by molar-refractivity contribution is -0.134. The fourth-order valence-electron chi connectivity index (χ4n) is 3.58. The van der Waals surface area contributed by atoms with Crippen LogP contribution in [-0.2, 0) is 4.79 Å². The number of carbonyl (C=O) groups excluding carboxylic acids is 2. The van der Waals surface area contributed by atoms with Gasteiger partial charge in [-0.05, 0) is 25.6 Å². The van der Waals surface area contributed by atoms with Crippen molar-refractivity contribution in [2.75, 3.05) is 26.7 Å². The summed E-state index contributed by atoms with van der Waals surface area (Å²) in [6, 6.07) is 14.0. The number of benzene rings is 2. The van der Waals surface area contributed by atoms with Crippen LogP contribution < -0.4 is 0 Å². The van der Waals surface area contributed by atoms with E-state index in [0.717, 1.165) is 5.56 Å². The van der Waals surface area contributed by atoms with Crippen LogP contribution in [0.2, 0.25) is 0 Å². The van der Waals surface area contributed by atoms with Crippen LogP contribution in [0.5, 0.6) is 0 Å². The molecule has 1 aliphatic heterocycles. The molecular weight excluding hydrogens is 343 g/mol. The summed E-state index contributed by atoms with van der Waals surface area (Å²) >= 11 is 0. The maximum atomic E-state index is 14.2. The number of likely N-dealkylation sites (N-methyl/N-ethyl adjacent to an activating group) is 1. The van der Waals surface area contributed by atoms with Crippen LogP contribution in [-0.4, -0.2) is 48.2 Å². The predicted octanol–water partition coefficient (Wildman–Crippen LogP) is 3.61. The second-order valence-corrected chi connectivity index (χ2v) is 7.10. The second kappa shape index (κ2) is 8.44. The molecule has 27 heavy (non-hydrogen) atoms. The van der Waals surface area contributed by atoms with Crippen LogP contribution >= 0.6 is 0 Å². The SMILES string of the molecule is Cc1ccccc1C(=O)CCC(=O)N1CCN(C)C(c2ccccc2F)C1. The zero-order valence-electron chi connectivity index (χ0n) is 15.8. The molecule has 142 valence electrons. The zero-order valence-corrected chi connectivity index (χ0v) is 15.8. The van der Waals surface area contributed by atoms with Gasteiger partial charge >= 0.3 is 0 Å². The highest BCUT2D eigenvalue weighted by atomic mass is 19.1. The first-order valence-corrected chi connectivity index (χ1v) is 9.28. The van der Waals surface area contributed by atoms with Gasteiger partial charge in [-0.1, -0.05) is 42.5 Å². The van der Waals surface area contributed by atoms with E-state index < -0.39 is 0 Å². The molecule has 0 N–H and O–H groups in total. The van der Waals surface area contributed by atoms with Crippen LogP contribution in [0.25, 0.3) is 0 Å². The van der Waals surface area contributed by atoms with Gasteiger partial charge in [0.05, 0.1) is 6.04 Å². The molecule has 2 aromatic carbocycles. The molecule has 1 fully saturated rings. The molecule has 0 radical (unpaired) electrons. The Balaban J connectivity index is 1.62. The van der Waals surface area contributed by atoms with E-state index in [1.54, 1.807) is 23.1 Å².